The van der Waals surface area contributed by atoms with E-state index < -0.39 is 11.7 Å². The van der Waals surface area contributed by atoms with Crippen molar-refractivity contribution in [2.24, 2.45) is 0 Å². The first-order valence-electron chi connectivity index (χ1n) is 9.83. The fourth-order valence-electron chi connectivity index (χ4n) is 3.04. The van der Waals surface area contributed by atoms with E-state index in [4.69, 9.17) is 4.74 Å². The highest BCUT2D eigenvalue weighted by molar-refractivity contribution is 9.10. The maximum atomic E-state index is 14.2. The van der Waals surface area contributed by atoms with Gasteiger partial charge in [-0.1, -0.05) is 40.2 Å². The van der Waals surface area contributed by atoms with Crippen molar-refractivity contribution < 1.29 is 22.7 Å². The third-order valence-electron chi connectivity index (χ3n) is 4.70. The van der Waals surface area contributed by atoms with Gasteiger partial charge in [-0.3, -0.25) is 9.48 Å². The zero-order valence-electron chi connectivity index (χ0n) is 17.1. The summed E-state index contributed by atoms with van der Waals surface area (Å²) in [5.74, 6) is -1.93. The van der Waals surface area contributed by atoms with Crippen LogP contribution in [0, 0.1) is 17.5 Å². The van der Waals surface area contributed by atoms with Gasteiger partial charge in [0.25, 0.3) is 5.91 Å². The molecule has 0 aliphatic rings. The monoisotopic (exact) mass is 515 g/mol. The zero-order valence-corrected chi connectivity index (χ0v) is 18.7. The molecule has 0 unspecified atom stereocenters. The largest absolute Gasteiger partial charge is 0.471 e. The normalized spacial score (nSPS) is 10.8. The van der Waals surface area contributed by atoms with E-state index >= 15 is 0 Å². The predicted molar refractivity (Wildman–Crippen MR) is 121 cm³/mol. The van der Waals surface area contributed by atoms with Gasteiger partial charge in [0, 0.05) is 10.7 Å². The summed E-state index contributed by atoms with van der Waals surface area (Å²) in [4.78, 5) is 12.9. The fourth-order valence-corrected chi connectivity index (χ4v) is 3.37. The topological polar surface area (TPSA) is 56.2 Å². The second-order valence-corrected chi connectivity index (χ2v) is 8.08. The number of carbonyl (C=O) groups is 1. The van der Waals surface area contributed by atoms with Crippen LogP contribution < -0.4 is 10.1 Å². The van der Waals surface area contributed by atoms with E-state index in [1.165, 1.54) is 47.3 Å². The molecule has 0 atom stereocenters. The number of hydrogen-bond donors (Lipinski definition) is 1. The van der Waals surface area contributed by atoms with Gasteiger partial charge in [-0.2, -0.15) is 0 Å². The lowest BCUT2D eigenvalue weighted by Gasteiger charge is -2.08. The van der Waals surface area contributed by atoms with Gasteiger partial charge in [0.1, 0.15) is 29.6 Å². The second kappa shape index (κ2) is 9.91. The Labute approximate surface area is 195 Å². The summed E-state index contributed by atoms with van der Waals surface area (Å²) in [5, 5.41) is 6.84. The van der Waals surface area contributed by atoms with E-state index in [1.807, 2.05) is 0 Å². The van der Waals surface area contributed by atoms with Gasteiger partial charge in [0.15, 0.2) is 0 Å². The number of rotatable bonds is 7. The Bertz CT molecular complexity index is 1280. The van der Waals surface area contributed by atoms with Crippen LogP contribution in [-0.2, 0) is 13.2 Å². The SMILES string of the molecule is O=C(Nc1ccc(Br)cc1F)c1cn(Cc2ccc(F)cc2)nc1OCc1ccc(F)cc1. The molecule has 1 amide bonds. The molecule has 0 fully saturated rings. The molecule has 0 radical (unpaired) electrons. The Hall–Kier alpha value is -3.59. The number of ether oxygens (including phenoxy) is 1. The molecular formula is C24H17BrF3N3O2. The highest BCUT2D eigenvalue weighted by atomic mass is 79.9. The predicted octanol–water partition coefficient (Wildman–Crippen LogP) is 5.94. The number of hydrogen-bond acceptors (Lipinski definition) is 3. The van der Waals surface area contributed by atoms with E-state index in [9.17, 15) is 18.0 Å². The lowest BCUT2D eigenvalue weighted by Crippen LogP contribution is -2.14. The number of amides is 1. The summed E-state index contributed by atoms with van der Waals surface area (Å²) in [5.41, 5.74) is 1.52. The van der Waals surface area contributed by atoms with Crippen molar-refractivity contribution in [1.29, 1.82) is 0 Å². The van der Waals surface area contributed by atoms with Crippen LogP contribution in [0.2, 0.25) is 0 Å². The Morgan fingerprint density at radius 1 is 0.939 bits per heavy atom. The van der Waals surface area contributed by atoms with E-state index in [0.29, 0.717) is 10.0 Å². The van der Waals surface area contributed by atoms with Gasteiger partial charge in [-0.05, 0) is 53.6 Å². The van der Waals surface area contributed by atoms with Crippen LogP contribution in [0.4, 0.5) is 18.9 Å². The maximum absolute atomic E-state index is 14.2. The van der Waals surface area contributed by atoms with Gasteiger partial charge < -0.3 is 10.1 Å². The van der Waals surface area contributed by atoms with Crippen molar-refractivity contribution in [1.82, 2.24) is 9.78 Å². The molecule has 5 nitrogen and oxygen atoms in total. The molecule has 0 saturated carbocycles. The third kappa shape index (κ3) is 5.81. The highest BCUT2D eigenvalue weighted by Crippen LogP contribution is 2.23. The second-order valence-electron chi connectivity index (χ2n) is 7.17. The first-order valence-corrected chi connectivity index (χ1v) is 10.6. The number of aromatic nitrogens is 2. The van der Waals surface area contributed by atoms with E-state index in [2.05, 4.69) is 26.3 Å². The Morgan fingerprint density at radius 2 is 1.58 bits per heavy atom. The van der Waals surface area contributed by atoms with Gasteiger partial charge in [-0.15, -0.1) is 5.10 Å². The molecule has 0 aliphatic heterocycles. The van der Waals surface area contributed by atoms with Crippen LogP contribution in [0.25, 0.3) is 0 Å². The lowest BCUT2D eigenvalue weighted by atomic mass is 10.2. The summed E-state index contributed by atoms with van der Waals surface area (Å²) in [6.07, 6.45) is 1.47. The third-order valence-corrected chi connectivity index (χ3v) is 5.19. The summed E-state index contributed by atoms with van der Waals surface area (Å²) in [6, 6.07) is 15.8. The molecule has 0 spiro atoms. The van der Waals surface area contributed by atoms with E-state index in [0.717, 1.165) is 5.56 Å². The fraction of sp³-hybridized carbons (Fsp3) is 0.0833. The number of nitrogens with one attached hydrogen (secondary N) is 1. The summed E-state index contributed by atoms with van der Waals surface area (Å²) in [6.45, 7) is 0.299. The van der Waals surface area contributed by atoms with Crippen molar-refractivity contribution in [2.75, 3.05) is 5.32 Å². The van der Waals surface area contributed by atoms with Gasteiger partial charge in [0.2, 0.25) is 5.88 Å². The summed E-state index contributed by atoms with van der Waals surface area (Å²) in [7, 11) is 0. The standard InChI is InChI=1S/C24H17BrF3N3O2/c25-17-5-10-22(21(28)11-17)29-23(32)20-13-31(12-15-1-6-18(26)7-2-15)30-24(20)33-14-16-3-8-19(27)9-4-16/h1-11,13H,12,14H2,(H,29,32). The maximum Gasteiger partial charge on any atom is 0.262 e. The highest BCUT2D eigenvalue weighted by Gasteiger charge is 2.20. The molecule has 4 rings (SSSR count). The average Bonchev–Trinajstić information content (AvgIpc) is 3.19. The van der Waals surface area contributed by atoms with Crippen molar-refractivity contribution in [3.8, 4) is 5.88 Å². The number of carbonyl (C=O) groups excluding carboxylic acids is 1. The lowest BCUT2D eigenvalue weighted by molar-refractivity contribution is 0.102. The molecule has 1 N–H and O–H groups in total. The molecular weight excluding hydrogens is 499 g/mol. The van der Waals surface area contributed by atoms with E-state index in [1.54, 1.807) is 30.3 Å². The summed E-state index contributed by atoms with van der Waals surface area (Å²) >= 11 is 3.17. The number of halogens is 4. The van der Waals surface area contributed by atoms with Crippen LogP contribution in [0.15, 0.2) is 77.4 Å². The van der Waals surface area contributed by atoms with Crippen molar-refractivity contribution >= 4 is 27.5 Å². The van der Waals surface area contributed by atoms with E-state index in [-0.39, 0.29) is 41.9 Å². The molecule has 3 aromatic carbocycles. The zero-order chi connectivity index (χ0) is 23.4. The smallest absolute Gasteiger partial charge is 0.262 e. The average molecular weight is 516 g/mol. The Kier molecular flexibility index (Phi) is 6.79. The minimum Gasteiger partial charge on any atom is -0.471 e. The Morgan fingerprint density at radius 3 is 2.21 bits per heavy atom. The molecule has 1 heterocycles. The minimum atomic E-state index is -0.615. The first kappa shape index (κ1) is 22.6. The number of anilines is 1. The molecule has 33 heavy (non-hydrogen) atoms. The van der Waals surface area contributed by atoms with Crippen LogP contribution in [-0.4, -0.2) is 15.7 Å². The van der Waals surface area contributed by atoms with Crippen molar-refractivity contribution in [2.45, 2.75) is 13.2 Å². The van der Waals surface area contributed by atoms with Gasteiger partial charge in [-0.25, -0.2) is 13.2 Å². The quantitative estimate of drug-likeness (QED) is 0.331. The Balaban J connectivity index is 1.58. The molecule has 0 saturated heterocycles. The van der Waals surface area contributed by atoms with Crippen LogP contribution in [0.1, 0.15) is 21.5 Å². The number of benzene rings is 3. The first-order chi connectivity index (χ1) is 15.9. The van der Waals surface area contributed by atoms with Gasteiger partial charge in [0.05, 0.1) is 12.2 Å². The van der Waals surface area contributed by atoms with Crippen LogP contribution in [0.5, 0.6) is 5.88 Å². The van der Waals surface area contributed by atoms with Crippen molar-refractivity contribution in [3.05, 3.63) is 112 Å². The van der Waals surface area contributed by atoms with Crippen LogP contribution in [0.3, 0.4) is 0 Å². The molecule has 9 heteroatoms. The molecule has 4 aromatic rings. The van der Waals surface area contributed by atoms with Crippen LogP contribution >= 0.6 is 15.9 Å². The van der Waals surface area contributed by atoms with Crippen molar-refractivity contribution in [3.63, 3.8) is 0 Å². The van der Waals surface area contributed by atoms with Gasteiger partial charge >= 0.3 is 0 Å². The molecule has 0 aliphatic carbocycles. The number of nitrogens with zero attached hydrogens (tertiary/aromatic N) is 2. The minimum absolute atomic E-state index is 0.000954. The molecule has 0 bridgehead atoms. The summed E-state index contributed by atoms with van der Waals surface area (Å²) < 4.78 is 48.3. The molecule has 168 valence electrons. The molecule has 1 aromatic heterocycles.